The first-order chi connectivity index (χ1) is 13.7. The van der Waals surface area contributed by atoms with Gasteiger partial charge in [-0.1, -0.05) is 0 Å². The molecule has 7 heteroatoms. The van der Waals surface area contributed by atoms with Crippen LogP contribution >= 0.6 is 0 Å². The van der Waals surface area contributed by atoms with Gasteiger partial charge in [0.05, 0.1) is 36.7 Å². The number of amides is 1. The minimum Gasteiger partial charge on any atom is -0.496 e. The molecule has 0 aliphatic rings. The van der Waals surface area contributed by atoms with Crippen LogP contribution in [0.25, 0.3) is 11.3 Å². The molecule has 1 amide bonds. The number of halogens is 1. The van der Waals surface area contributed by atoms with Gasteiger partial charge in [0.15, 0.2) is 0 Å². The van der Waals surface area contributed by atoms with E-state index in [0.29, 0.717) is 33.8 Å². The minimum atomic E-state index is -0.383. The van der Waals surface area contributed by atoms with Crippen LogP contribution in [0, 0.1) is 5.82 Å². The number of aliphatic hydroxyl groups excluding tert-OH is 1. The maximum absolute atomic E-state index is 13.4. The lowest BCUT2D eigenvalue weighted by Crippen LogP contribution is -2.24. The second kappa shape index (κ2) is 8.05. The average molecular weight is 397 g/mol. The molecule has 2 N–H and O–H groups in total. The number of carbonyl (C=O) groups excluding carboxylic acids is 1. The molecule has 1 heterocycles. The van der Waals surface area contributed by atoms with Gasteiger partial charge in [-0.25, -0.2) is 4.39 Å². The van der Waals surface area contributed by atoms with Gasteiger partial charge >= 0.3 is 0 Å². The number of aliphatic hydroxyl groups is 1. The molecule has 0 saturated heterocycles. The van der Waals surface area contributed by atoms with Gasteiger partial charge in [0.25, 0.3) is 5.91 Å². The van der Waals surface area contributed by atoms with E-state index in [0.717, 1.165) is 0 Å². The van der Waals surface area contributed by atoms with Crippen molar-refractivity contribution >= 4 is 11.6 Å². The van der Waals surface area contributed by atoms with E-state index in [4.69, 9.17) is 4.74 Å². The summed E-state index contributed by atoms with van der Waals surface area (Å²) in [6, 6.07) is 11.0. The molecule has 0 bridgehead atoms. The number of nitrogens with one attached hydrogen (secondary N) is 1. The highest BCUT2D eigenvalue weighted by molar-refractivity contribution is 6.08. The molecule has 0 spiro atoms. The van der Waals surface area contributed by atoms with Crippen LogP contribution in [0.4, 0.5) is 10.1 Å². The van der Waals surface area contributed by atoms with Crippen molar-refractivity contribution < 1.29 is 19.0 Å². The molecule has 29 heavy (non-hydrogen) atoms. The van der Waals surface area contributed by atoms with Gasteiger partial charge in [0, 0.05) is 16.8 Å². The molecule has 1 aromatic heterocycles. The van der Waals surface area contributed by atoms with Crippen LogP contribution in [-0.2, 0) is 12.1 Å². The standard InChI is InChI=1S/C22H24FN3O3/c1-22(2,3)26-20(14-5-7-16(23)8-6-14)18(12-24-26)21(28)25-17-9-10-19(29-4)15(11-17)13-27/h5-12,27H,13H2,1-4H3,(H,25,28). The number of aromatic nitrogens is 2. The summed E-state index contributed by atoms with van der Waals surface area (Å²) >= 11 is 0. The quantitative estimate of drug-likeness (QED) is 0.677. The Morgan fingerprint density at radius 3 is 2.48 bits per heavy atom. The fourth-order valence-electron chi connectivity index (χ4n) is 3.09. The number of ether oxygens (including phenoxy) is 1. The Morgan fingerprint density at radius 1 is 1.21 bits per heavy atom. The van der Waals surface area contributed by atoms with Gasteiger partial charge in [-0.15, -0.1) is 0 Å². The Morgan fingerprint density at radius 2 is 1.90 bits per heavy atom. The fraction of sp³-hybridized carbons (Fsp3) is 0.273. The molecular formula is C22H24FN3O3. The van der Waals surface area contributed by atoms with E-state index in [9.17, 15) is 14.3 Å². The summed E-state index contributed by atoms with van der Waals surface area (Å²) in [5, 5.41) is 16.7. The highest BCUT2D eigenvalue weighted by atomic mass is 19.1. The van der Waals surface area contributed by atoms with Crippen molar-refractivity contribution in [1.29, 1.82) is 0 Å². The van der Waals surface area contributed by atoms with E-state index in [1.165, 1.54) is 25.4 Å². The van der Waals surface area contributed by atoms with E-state index in [1.807, 2.05) is 20.8 Å². The van der Waals surface area contributed by atoms with Crippen LogP contribution in [0.2, 0.25) is 0 Å². The fourth-order valence-corrected chi connectivity index (χ4v) is 3.09. The Bertz CT molecular complexity index is 1020. The molecule has 6 nitrogen and oxygen atoms in total. The molecule has 2 aromatic carbocycles. The zero-order valence-corrected chi connectivity index (χ0v) is 16.9. The lowest BCUT2D eigenvalue weighted by molar-refractivity contribution is 0.102. The largest absolute Gasteiger partial charge is 0.496 e. The number of benzene rings is 2. The predicted molar refractivity (Wildman–Crippen MR) is 109 cm³/mol. The van der Waals surface area contributed by atoms with Crippen molar-refractivity contribution in [3.05, 3.63) is 65.6 Å². The van der Waals surface area contributed by atoms with Crippen LogP contribution in [0.5, 0.6) is 5.75 Å². The first kappa shape index (κ1) is 20.5. The number of carbonyl (C=O) groups is 1. The van der Waals surface area contributed by atoms with Crippen molar-refractivity contribution in [3.63, 3.8) is 0 Å². The molecule has 0 fully saturated rings. The molecule has 3 rings (SSSR count). The van der Waals surface area contributed by atoms with Crippen molar-refractivity contribution in [2.75, 3.05) is 12.4 Å². The second-order valence-electron chi connectivity index (χ2n) is 7.64. The highest BCUT2D eigenvalue weighted by Gasteiger charge is 2.25. The van der Waals surface area contributed by atoms with Gasteiger partial charge in [-0.2, -0.15) is 5.10 Å². The van der Waals surface area contributed by atoms with Gasteiger partial charge in [0.1, 0.15) is 11.6 Å². The number of nitrogens with zero attached hydrogens (tertiary/aromatic N) is 2. The van der Waals surface area contributed by atoms with E-state index in [-0.39, 0.29) is 23.9 Å². The number of hydrogen-bond donors (Lipinski definition) is 2. The van der Waals surface area contributed by atoms with E-state index >= 15 is 0 Å². The lowest BCUT2D eigenvalue weighted by Gasteiger charge is -2.23. The summed E-state index contributed by atoms with van der Waals surface area (Å²) in [4.78, 5) is 13.0. The highest BCUT2D eigenvalue weighted by Crippen LogP contribution is 2.30. The third-order valence-corrected chi connectivity index (χ3v) is 4.48. The summed E-state index contributed by atoms with van der Waals surface area (Å²) in [5.41, 5.74) is 2.36. The molecule has 0 radical (unpaired) electrons. The zero-order valence-electron chi connectivity index (χ0n) is 16.9. The monoisotopic (exact) mass is 397 g/mol. The molecule has 152 valence electrons. The van der Waals surface area contributed by atoms with E-state index < -0.39 is 0 Å². The zero-order chi connectivity index (χ0) is 21.2. The van der Waals surface area contributed by atoms with Crippen LogP contribution in [0.15, 0.2) is 48.7 Å². The molecular weight excluding hydrogens is 373 g/mol. The third kappa shape index (κ3) is 4.30. The Kier molecular flexibility index (Phi) is 5.70. The third-order valence-electron chi connectivity index (χ3n) is 4.48. The SMILES string of the molecule is COc1ccc(NC(=O)c2cnn(C(C)(C)C)c2-c2ccc(F)cc2)cc1CO. The van der Waals surface area contributed by atoms with Gasteiger partial charge in [-0.3, -0.25) is 9.48 Å². The summed E-state index contributed by atoms with van der Waals surface area (Å²) in [5.74, 6) is -0.164. The molecule has 0 saturated carbocycles. The van der Waals surface area contributed by atoms with Crippen molar-refractivity contribution in [3.8, 4) is 17.0 Å². The molecule has 0 atom stereocenters. The summed E-state index contributed by atoms with van der Waals surface area (Å²) in [6.07, 6.45) is 1.51. The van der Waals surface area contributed by atoms with Crippen molar-refractivity contribution in [1.82, 2.24) is 9.78 Å². The smallest absolute Gasteiger partial charge is 0.259 e. The van der Waals surface area contributed by atoms with Gasteiger partial charge in [0.2, 0.25) is 0 Å². The van der Waals surface area contributed by atoms with Crippen LogP contribution in [0.1, 0.15) is 36.7 Å². The summed E-state index contributed by atoms with van der Waals surface area (Å²) in [7, 11) is 1.52. The van der Waals surface area contributed by atoms with Crippen LogP contribution in [0.3, 0.4) is 0 Å². The predicted octanol–water partition coefficient (Wildman–Crippen LogP) is 4.20. The summed E-state index contributed by atoms with van der Waals surface area (Å²) in [6.45, 7) is 5.72. The van der Waals surface area contributed by atoms with Gasteiger partial charge in [-0.05, 0) is 63.2 Å². The first-order valence-corrected chi connectivity index (χ1v) is 9.18. The van der Waals surface area contributed by atoms with Crippen LogP contribution < -0.4 is 10.1 Å². The Hall–Kier alpha value is -3.19. The number of methoxy groups -OCH3 is 1. The Balaban J connectivity index is 2.01. The van der Waals surface area contributed by atoms with Crippen LogP contribution in [-0.4, -0.2) is 27.9 Å². The maximum atomic E-state index is 13.4. The summed E-state index contributed by atoms with van der Waals surface area (Å²) < 4.78 is 20.4. The first-order valence-electron chi connectivity index (χ1n) is 9.18. The topological polar surface area (TPSA) is 76.4 Å². The normalized spacial score (nSPS) is 11.4. The Labute approximate surface area is 168 Å². The molecule has 3 aromatic rings. The minimum absolute atomic E-state index is 0.213. The second-order valence-corrected chi connectivity index (χ2v) is 7.64. The van der Waals surface area contributed by atoms with E-state index in [2.05, 4.69) is 10.4 Å². The number of rotatable bonds is 5. The van der Waals surface area contributed by atoms with Gasteiger partial charge < -0.3 is 15.2 Å². The number of anilines is 1. The van der Waals surface area contributed by atoms with Crippen molar-refractivity contribution in [2.45, 2.75) is 32.9 Å². The molecule has 0 aliphatic carbocycles. The molecule has 0 aliphatic heterocycles. The average Bonchev–Trinajstić information content (AvgIpc) is 3.14. The maximum Gasteiger partial charge on any atom is 0.259 e. The lowest BCUT2D eigenvalue weighted by atomic mass is 10.0. The number of hydrogen-bond acceptors (Lipinski definition) is 4. The van der Waals surface area contributed by atoms with Crippen molar-refractivity contribution in [2.24, 2.45) is 0 Å². The molecule has 0 unspecified atom stereocenters. The van der Waals surface area contributed by atoms with E-state index in [1.54, 1.807) is 35.0 Å².